The van der Waals surface area contributed by atoms with Crippen molar-refractivity contribution in [3.05, 3.63) is 24.3 Å². The fourth-order valence-electron chi connectivity index (χ4n) is 4.66. The van der Waals surface area contributed by atoms with Crippen molar-refractivity contribution >= 4 is 29.9 Å². The molecule has 1 N–H and O–H groups in total. The molecule has 0 bridgehead atoms. The summed E-state index contributed by atoms with van der Waals surface area (Å²) in [5, 5.41) is 11.9. The molecule has 0 radical (unpaired) electrons. The molecule has 0 spiro atoms. The third kappa shape index (κ3) is 4.69. The quantitative estimate of drug-likeness (QED) is 0.292. The Morgan fingerprint density at radius 1 is 1.25 bits per heavy atom. The van der Waals surface area contributed by atoms with Crippen molar-refractivity contribution in [2.75, 3.05) is 26.2 Å². The number of guanidine groups is 1. The van der Waals surface area contributed by atoms with Crippen LogP contribution in [-0.2, 0) is 13.6 Å². The second kappa shape index (κ2) is 9.56. The first-order valence-electron chi connectivity index (χ1n) is 10.4. The van der Waals surface area contributed by atoms with Crippen molar-refractivity contribution in [3.63, 3.8) is 0 Å². The number of nitrogens with zero attached hydrogens (tertiary/aromatic N) is 6. The second-order valence-corrected chi connectivity index (χ2v) is 8.21. The third-order valence-corrected chi connectivity index (χ3v) is 6.38. The van der Waals surface area contributed by atoms with Crippen LogP contribution in [0.2, 0.25) is 0 Å². The largest absolute Gasteiger partial charge is 0.353 e. The smallest absolute Gasteiger partial charge is 0.194 e. The Hall–Kier alpha value is -1.16. The Kier molecular flexibility index (Phi) is 7.36. The molecule has 1 saturated carbocycles. The first-order valence-corrected chi connectivity index (χ1v) is 10.4. The van der Waals surface area contributed by atoms with Gasteiger partial charge in [-0.1, -0.05) is 6.08 Å². The Bertz CT molecular complexity index is 697. The van der Waals surface area contributed by atoms with E-state index < -0.39 is 0 Å². The summed E-state index contributed by atoms with van der Waals surface area (Å²) in [5.41, 5.74) is 0. The summed E-state index contributed by atoms with van der Waals surface area (Å²) in [7, 11) is 2.00. The van der Waals surface area contributed by atoms with Gasteiger partial charge in [0.25, 0.3) is 0 Å². The highest BCUT2D eigenvalue weighted by Crippen LogP contribution is 2.38. The van der Waals surface area contributed by atoms with Crippen LogP contribution in [0, 0.1) is 12.8 Å². The van der Waals surface area contributed by atoms with Crippen molar-refractivity contribution in [2.24, 2.45) is 18.0 Å². The Morgan fingerprint density at radius 3 is 2.75 bits per heavy atom. The predicted molar refractivity (Wildman–Crippen MR) is 123 cm³/mol. The van der Waals surface area contributed by atoms with E-state index >= 15 is 0 Å². The number of piperidine rings is 2. The van der Waals surface area contributed by atoms with E-state index in [1.807, 2.05) is 24.6 Å². The number of nitrogens with one attached hydrogen (secondary N) is 1. The van der Waals surface area contributed by atoms with Crippen LogP contribution in [0.15, 0.2) is 17.6 Å². The number of hydrogen-bond acceptors (Lipinski definition) is 4. The lowest BCUT2D eigenvalue weighted by Gasteiger charge is -2.48. The lowest BCUT2D eigenvalue weighted by Crippen LogP contribution is -2.57. The van der Waals surface area contributed by atoms with Crippen LogP contribution in [0.5, 0.6) is 0 Å². The number of rotatable bonds is 5. The molecule has 1 aromatic heterocycles. The van der Waals surface area contributed by atoms with Gasteiger partial charge in [0.1, 0.15) is 12.4 Å². The van der Waals surface area contributed by atoms with Gasteiger partial charge in [-0.15, -0.1) is 40.8 Å². The Labute approximate surface area is 185 Å². The molecule has 4 rings (SSSR count). The molecule has 1 aliphatic carbocycles. The third-order valence-electron chi connectivity index (χ3n) is 6.38. The van der Waals surface area contributed by atoms with E-state index in [1.54, 1.807) is 0 Å². The molecular formula is C20H34IN7. The first kappa shape index (κ1) is 21.5. The summed E-state index contributed by atoms with van der Waals surface area (Å²) in [6, 6.07) is 1.67. The van der Waals surface area contributed by atoms with Gasteiger partial charge < -0.3 is 14.8 Å². The molecule has 2 saturated heterocycles. The topological polar surface area (TPSA) is 61.6 Å². The number of fused-ring (bicyclic) bond motifs is 1. The van der Waals surface area contributed by atoms with Crippen LogP contribution in [0.4, 0.5) is 0 Å². The minimum Gasteiger partial charge on any atom is -0.353 e. The SMILES string of the molecule is C=CCNC(=NCc1nnc(C)n1C)N1CCC2C(CCCN2C2CC2)C1.I. The second-order valence-electron chi connectivity index (χ2n) is 8.21. The van der Waals surface area contributed by atoms with Crippen LogP contribution in [0.25, 0.3) is 0 Å². The molecule has 0 aromatic carbocycles. The molecule has 1 aromatic rings. The van der Waals surface area contributed by atoms with E-state index in [1.165, 1.54) is 38.6 Å². The molecule has 8 heteroatoms. The molecule has 2 aliphatic heterocycles. The van der Waals surface area contributed by atoms with E-state index in [4.69, 9.17) is 4.99 Å². The predicted octanol–water partition coefficient (Wildman–Crippen LogP) is 2.32. The average molecular weight is 499 g/mol. The fourth-order valence-corrected chi connectivity index (χ4v) is 4.66. The summed E-state index contributed by atoms with van der Waals surface area (Å²) in [5.74, 6) is 3.57. The van der Waals surface area contributed by atoms with Crippen LogP contribution >= 0.6 is 24.0 Å². The molecule has 0 amide bonds. The molecular weight excluding hydrogens is 465 g/mol. The molecule has 28 heavy (non-hydrogen) atoms. The minimum atomic E-state index is 0. The zero-order chi connectivity index (χ0) is 18.8. The molecule has 3 fully saturated rings. The maximum Gasteiger partial charge on any atom is 0.194 e. The van der Waals surface area contributed by atoms with Crippen molar-refractivity contribution in [1.29, 1.82) is 0 Å². The van der Waals surface area contributed by atoms with E-state index in [9.17, 15) is 0 Å². The van der Waals surface area contributed by atoms with Gasteiger partial charge in [-0.05, 0) is 51.5 Å². The molecule has 3 heterocycles. The minimum absolute atomic E-state index is 0. The van der Waals surface area contributed by atoms with E-state index in [-0.39, 0.29) is 24.0 Å². The van der Waals surface area contributed by atoms with Gasteiger partial charge in [-0.3, -0.25) is 4.90 Å². The van der Waals surface area contributed by atoms with Gasteiger partial charge in [0, 0.05) is 38.8 Å². The number of halogens is 1. The number of aromatic nitrogens is 3. The van der Waals surface area contributed by atoms with Crippen LogP contribution in [0.3, 0.4) is 0 Å². The van der Waals surface area contributed by atoms with E-state index in [0.717, 1.165) is 55.2 Å². The van der Waals surface area contributed by atoms with Crippen LogP contribution < -0.4 is 5.32 Å². The van der Waals surface area contributed by atoms with Crippen LogP contribution in [-0.4, -0.2) is 68.8 Å². The molecule has 3 aliphatic rings. The summed E-state index contributed by atoms with van der Waals surface area (Å²) in [4.78, 5) is 10.2. The summed E-state index contributed by atoms with van der Waals surface area (Å²) >= 11 is 0. The van der Waals surface area contributed by atoms with Crippen molar-refractivity contribution in [1.82, 2.24) is 29.9 Å². The van der Waals surface area contributed by atoms with Crippen molar-refractivity contribution < 1.29 is 0 Å². The van der Waals surface area contributed by atoms with Crippen molar-refractivity contribution in [3.8, 4) is 0 Å². The summed E-state index contributed by atoms with van der Waals surface area (Å²) in [6.07, 6.45) is 8.66. The van der Waals surface area contributed by atoms with Gasteiger partial charge in [-0.25, -0.2) is 4.99 Å². The highest BCUT2D eigenvalue weighted by molar-refractivity contribution is 14.0. The van der Waals surface area contributed by atoms with Crippen molar-refractivity contribution in [2.45, 2.75) is 57.7 Å². The van der Waals surface area contributed by atoms with Gasteiger partial charge in [0.2, 0.25) is 0 Å². The maximum absolute atomic E-state index is 4.88. The lowest BCUT2D eigenvalue weighted by molar-refractivity contribution is 0.0370. The van der Waals surface area contributed by atoms with Gasteiger partial charge in [0.15, 0.2) is 11.8 Å². The Morgan fingerprint density at radius 2 is 2.07 bits per heavy atom. The number of hydrogen-bond donors (Lipinski definition) is 1. The monoisotopic (exact) mass is 499 g/mol. The van der Waals surface area contributed by atoms with Gasteiger partial charge >= 0.3 is 0 Å². The molecule has 156 valence electrons. The Balaban J connectivity index is 0.00000225. The first-order chi connectivity index (χ1) is 13.2. The van der Waals surface area contributed by atoms with E-state index in [2.05, 4.69) is 31.9 Å². The maximum atomic E-state index is 4.88. The molecule has 2 atom stereocenters. The molecule has 2 unspecified atom stereocenters. The van der Waals surface area contributed by atoms with E-state index in [0.29, 0.717) is 6.54 Å². The zero-order valence-electron chi connectivity index (χ0n) is 17.2. The summed E-state index contributed by atoms with van der Waals surface area (Å²) in [6.45, 7) is 10.6. The lowest BCUT2D eigenvalue weighted by atomic mass is 9.83. The number of likely N-dealkylation sites (tertiary alicyclic amines) is 2. The van der Waals surface area contributed by atoms with Gasteiger partial charge in [-0.2, -0.15) is 0 Å². The normalized spacial score (nSPS) is 25.8. The average Bonchev–Trinajstić information content (AvgIpc) is 3.49. The summed E-state index contributed by atoms with van der Waals surface area (Å²) < 4.78 is 2.01. The highest BCUT2D eigenvalue weighted by Gasteiger charge is 2.42. The number of aliphatic imine (C=N–C) groups is 1. The number of aryl methyl sites for hydroxylation is 1. The molecule has 7 nitrogen and oxygen atoms in total. The zero-order valence-corrected chi connectivity index (χ0v) is 19.5. The highest BCUT2D eigenvalue weighted by atomic mass is 127. The fraction of sp³-hybridized carbons (Fsp3) is 0.750. The standard InChI is InChI=1S/C20H33N7.HI/c1-4-10-21-20(22-13-19-24-23-15(2)25(19)3)26-12-9-18-16(14-26)6-5-11-27(18)17-7-8-17;/h4,16-18H,1,5-14H2,2-3H3,(H,21,22);1H. The van der Waals surface area contributed by atoms with Crippen LogP contribution in [0.1, 0.15) is 43.8 Å². The van der Waals surface area contributed by atoms with Gasteiger partial charge in [0.05, 0.1) is 0 Å².